The Hall–Kier alpha value is -6.71. The zero-order valence-electron chi connectivity index (χ0n) is 42.7. The predicted octanol–water partition coefficient (Wildman–Crippen LogP) is 4.97. The molecule has 3 aliphatic heterocycles. The number of methoxy groups -OCH3 is 1. The molecular formula is C57H66N10O8. The lowest BCUT2D eigenvalue weighted by atomic mass is 9.99. The van der Waals surface area contributed by atoms with Gasteiger partial charge in [0.2, 0.25) is 0 Å². The molecule has 8 aromatic rings. The maximum atomic E-state index is 10.3. The monoisotopic (exact) mass is 1020 g/mol. The minimum absolute atomic E-state index is 0.0584. The van der Waals surface area contributed by atoms with E-state index in [-0.39, 0.29) is 13.2 Å². The van der Waals surface area contributed by atoms with Crippen molar-refractivity contribution >= 4 is 33.2 Å². The summed E-state index contributed by atoms with van der Waals surface area (Å²) in [5.74, 6) is 1.60. The van der Waals surface area contributed by atoms with Gasteiger partial charge in [-0.25, -0.2) is 9.67 Å². The van der Waals surface area contributed by atoms with E-state index in [1.165, 1.54) is 11.4 Å². The highest BCUT2D eigenvalue weighted by Crippen LogP contribution is 2.42. The van der Waals surface area contributed by atoms with Gasteiger partial charge in [-0.3, -0.25) is 4.57 Å². The maximum Gasteiger partial charge on any atom is 0.186 e. The number of imidazole rings is 1. The molecule has 5 aromatic carbocycles. The van der Waals surface area contributed by atoms with Crippen molar-refractivity contribution in [3.63, 3.8) is 0 Å². The molecule has 18 nitrogen and oxygen atoms in total. The minimum Gasteiger partial charge on any atom is -0.497 e. The Kier molecular flexibility index (Phi) is 15.0. The average Bonchev–Trinajstić information content (AvgIpc) is 4.17. The number of aliphatic hydroxyl groups excluding tert-OH is 4. The second-order valence-electron chi connectivity index (χ2n) is 19.8. The summed E-state index contributed by atoms with van der Waals surface area (Å²) in [7, 11) is 6.07. The van der Waals surface area contributed by atoms with Crippen LogP contribution in [0.15, 0.2) is 121 Å². The SMILES string of the molecule is COc1ccc(-n2c(-c3ccc4c(c3)c3ccccc3n4Cc3cn(CCOCCO[C@@H]4O[C@H](CO)[C@@H](O)[C@H](O)[C@H]4O)nn3)nc(-c3ccc(N4CCN(C)CC4)cc3)c2-c2ccc(N3CCN(C)CC3)cc2)cc1. The van der Waals surface area contributed by atoms with Gasteiger partial charge in [0.05, 0.1) is 64.2 Å². The van der Waals surface area contributed by atoms with E-state index in [1.807, 2.05) is 18.3 Å². The molecule has 0 radical (unpaired) electrons. The third-order valence-electron chi connectivity index (χ3n) is 15.0. The summed E-state index contributed by atoms with van der Waals surface area (Å²) in [5.41, 5.74) is 11.3. The highest BCUT2D eigenvalue weighted by molar-refractivity contribution is 6.09. The Morgan fingerprint density at radius 1 is 0.640 bits per heavy atom. The lowest BCUT2D eigenvalue weighted by Crippen LogP contribution is -2.59. The summed E-state index contributed by atoms with van der Waals surface area (Å²) < 4.78 is 28.7. The molecule has 0 aliphatic carbocycles. The van der Waals surface area contributed by atoms with Crippen LogP contribution < -0.4 is 14.5 Å². The van der Waals surface area contributed by atoms with Gasteiger partial charge in [-0.15, -0.1) is 5.10 Å². The molecular weight excluding hydrogens is 953 g/mol. The van der Waals surface area contributed by atoms with Crippen LogP contribution in [-0.2, 0) is 27.3 Å². The smallest absolute Gasteiger partial charge is 0.186 e. The molecule has 3 aromatic heterocycles. The van der Waals surface area contributed by atoms with Crippen LogP contribution in [0.25, 0.3) is 61.4 Å². The first-order valence-electron chi connectivity index (χ1n) is 25.9. The summed E-state index contributed by atoms with van der Waals surface area (Å²) in [6, 6.07) is 41.3. The number of fused-ring (bicyclic) bond motifs is 3. The Bertz CT molecular complexity index is 3180. The van der Waals surface area contributed by atoms with Crippen molar-refractivity contribution in [1.29, 1.82) is 0 Å². The van der Waals surface area contributed by atoms with Gasteiger partial charge in [0.25, 0.3) is 0 Å². The Balaban J connectivity index is 0.901. The number of rotatable bonds is 17. The van der Waals surface area contributed by atoms with Gasteiger partial charge in [0, 0.05) is 108 Å². The number of aliphatic hydroxyl groups is 4. The summed E-state index contributed by atoms with van der Waals surface area (Å²) in [5, 5.41) is 51.0. The molecule has 0 spiro atoms. The summed E-state index contributed by atoms with van der Waals surface area (Å²) >= 11 is 0. The van der Waals surface area contributed by atoms with Crippen LogP contribution in [-0.4, -0.2) is 190 Å². The van der Waals surface area contributed by atoms with Crippen LogP contribution in [0.3, 0.4) is 0 Å². The fourth-order valence-corrected chi connectivity index (χ4v) is 10.6. The molecule has 0 unspecified atom stereocenters. The van der Waals surface area contributed by atoms with Gasteiger partial charge in [0.1, 0.15) is 41.7 Å². The van der Waals surface area contributed by atoms with Gasteiger partial charge in [-0.1, -0.05) is 47.7 Å². The predicted molar refractivity (Wildman–Crippen MR) is 289 cm³/mol. The third kappa shape index (κ3) is 10.5. The largest absolute Gasteiger partial charge is 0.497 e. The lowest BCUT2D eigenvalue weighted by molar-refractivity contribution is -0.302. The minimum atomic E-state index is -1.50. The molecule has 3 fully saturated rings. The quantitative estimate of drug-likeness (QED) is 0.0897. The Labute approximate surface area is 436 Å². The van der Waals surface area contributed by atoms with Crippen LogP contribution in [0.5, 0.6) is 5.75 Å². The fourth-order valence-electron chi connectivity index (χ4n) is 10.6. The van der Waals surface area contributed by atoms with E-state index in [0.29, 0.717) is 19.7 Å². The molecule has 0 amide bonds. The van der Waals surface area contributed by atoms with Crippen molar-refractivity contribution in [3.8, 4) is 45.3 Å². The maximum absolute atomic E-state index is 10.3. The van der Waals surface area contributed by atoms with Gasteiger partial charge >= 0.3 is 0 Å². The molecule has 3 aliphatic rings. The molecule has 392 valence electrons. The number of nitrogens with zero attached hydrogens (tertiary/aromatic N) is 10. The zero-order chi connectivity index (χ0) is 51.6. The van der Waals surface area contributed by atoms with Crippen molar-refractivity contribution in [1.82, 2.24) is 38.9 Å². The topological polar surface area (TPSA) is 184 Å². The van der Waals surface area contributed by atoms with Crippen LogP contribution >= 0.6 is 0 Å². The van der Waals surface area contributed by atoms with Crippen molar-refractivity contribution in [2.24, 2.45) is 0 Å². The first-order valence-corrected chi connectivity index (χ1v) is 25.9. The van der Waals surface area contributed by atoms with E-state index in [0.717, 1.165) is 125 Å². The van der Waals surface area contributed by atoms with Crippen LogP contribution in [0.1, 0.15) is 5.69 Å². The molecule has 4 N–H and O–H groups in total. The van der Waals surface area contributed by atoms with Gasteiger partial charge in [0.15, 0.2) is 6.29 Å². The first-order chi connectivity index (χ1) is 36.6. The number of para-hydroxylation sites is 1. The fraction of sp³-hybridized carbons (Fsp3) is 0.386. The number of piperazine rings is 2. The molecule has 18 heteroatoms. The van der Waals surface area contributed by atoms with Crippen LogP contribution in [0.2, 0.25) is 0 Å². The average molecular weight is 1020 g/mol. The van der Waals surface area contributed by atoms with Crippen molar-refractivity contribution in [2.45, 2.75) is 43.8 Å². The van der Waals surface area contributed by atoms with Crippen molar-refractivity contribution < 1.29 is 39.4 Å². The standard InChI is InChI=1S/C57H66N10O8/c1-61-22-26-63(27-23-61)42-13-8-38(9-14-42)51-52(39-10-15-43(16-11-39)64-28-24-62(2)25-29-64)67(44-17-19-45(72-3)20-18-44)56(58-51)40-12-21-49-47(34-40)46-6-4-5-7-48(46)66(49)36-41-35-65(60-59-41)30-31-73-32-33-74-57-55(71)54(70)53(69)50(37-68)75-57/h4-21,34-35,50,53-55,57,68-71H,22-33,36-37H2,1-3H3/t50-,53-,54+,55-,57-/m1/s1. The number of likely N-dealkylation sites (N-methyl/N-ethyl adjacent to an activating group) is 2. The molecule has 6 heterocycles. The van der Waals surface area contributed by atoms with Crippen molar-refractivity contribution in [2.75, 3.05) is 110 Å². The van der Waals surface area contributed by atoms with Crippen LogP contribution in [0, 0.1) is 0 Å². The Morgan fingerprint density at radius 2 is 1.27 bits per heavy atom. The summed E-state index contributed by atoms with van der Waals surface area (Å²) in [6.07, 6.45) is -4.74. The van der Waals surface area contributed by atoms with E-state index in [2.05, 4.69) is 156 Å². The summed E-state index contributed by atoms with van der Waals surface area (Å²) in [6.45, 7) is 9.05. The second kappa shape index (κ2) is 22.2. The molecule has 75 heavy (non-hydrogen) atoms. The molecule has 5 atom stereocenters. The van der Waals surface area contributed by atoms with Gasteiger partial charge < -0.3 is 63.5 Å². The normalized spacial score (nSPS) is 20.9. The second-order valence-corrected chi connectivity index (χ2v) is 19.8. The molecule has 11 rings (SSSR count). The number of aromatic nitrogens is 6. The number of anilines is 2. The number of hydrogen-bond acceptors (Lipinski definition) is 15. The van der Waals surface area contributed by atoms with E-state index in [1.54, 1.807) is 11.8 Å². The number of ether oxygens (including phenoxy) is 4. The van der Waals surface area contributed by atoms with E-state index in [4.69, 9.17) is 23.9 Å². The Morgan fingerprint density at radius 3 is 1.93 bits per heavy atom. The van der Waals surface area contributed by atoms with Crippen molar-refractivity contribution in [3.05, 3.63) is 127 Å². The van der Waals surface area contributed by atoms with E-state index >= 15 is 0 Å². The summed E-state index contributed by atoms with van der Waals surface area (Å²) in [4.78, 5) is 15.4. The molecule has 0 saturated carbocycles. The molecule has 0 bridgehead atoms. The lowest BCUT2D eigenvalue weighted by Gasteiger charge is -2.39. The van der Waals surface area contributed by atoms with E-state index in [9.17, 15) is 20.4 Å². The highest BCUT2D eigenvalue weighted by atomic mass is 16.7. The highest BCUT2D eigenvalue weighted by Gasteiger charge is 2.44. The van der Waals surface area contributed by atoms with Gasteiger partial charge in [-0.2, -0.15) is 0 Å². The molecule has 3 saturated heterocycles. The van der Waals surface area contributed by atoms with Crippen LogP contribution in [0.4, 0.5) is 11.4 Å². The third-order valence-corrected chi connectivity index (χ3v) is 15.0. The number of benzene rings is 5. The first kappa shape index (κ1) is 50.4. The zero-order valence-corrected chi connectivity index (χ0v) is 42.7. The van der Waals surface area contributed by atoms with E-state index < -0.39 is 37.3 Å². The number of hydrogen-bond donors (Lipinski definition) is 4. The van der Waals surface area contributed by atoms with Gasteiger partial charge in [-0.05, 0) is 86.9 Å².